The van der Waals surface area contributed by atoms with E-state index in [1.54, 1.807) is 25.3 Å². The maximum absolute atomic E-state index is 5.77. The van der Waals surface area contributed by atoms with E-state index in [2.05, 4.69) is 4.90 Å². The number of nitrogens with two attached hydrogens (primary N) is 1. The highest BCUT2D eigenvalue weighted by Crippen LogP contribution is 2.23. The Kier molecular flexibility index (Phi) is 8.69. The molecule has 7 heteroatoms. The van der Waals surface area contributed by atoms with Crippen LogP contribution in [0.4, 0.5) is 5.69 Å². The van der Waals surface area contributed by atoms with E-state index >= 15 is 0 Å². The van der Waals surface area contributed by atoms with Crippen molar-refractivity contribution in [3.63, 3.8) is 0 Å². The van der Waals surface area contributed by atoms with E-state index in [0.29, 0.717) is 43.6 Å². The molecular weight excluding hydrogens is 312 g/mol. The lowest BCUT2D eigenvalue weighted by molar-refractivity contribution is 0.00520. The molecule has 0 atom stereocenters. The molecule has 0 aliphatic carbocycles. The van der Waals surface area contributed by atoms with Gasteiger partial charge in [0.15, 0.2) is 0 Å². The highest BCUT2D eigenvalue weighted by molar-refractivity contribution is 5.50. The predicted octanol–water partition coefficient (Wildman–Crippen LogP) is 1.02. The predicted molar refractivity (Wildman–Crippen MR) is 91.8 cm³/mol. The molecule has 1 aromatic rings. The molecule has 1 heterocycles. The SMILES string of the molecule is COc1cc(N)cc(OCCOCCOCCN2CCOCC2)c1. The largest absolute Gasteiger partial charge is 0.497 e. The van der Waals surface area contributed by atoms with Gasteiger partial charge < -0.3 is 29.4 Å². The summed E-state index contributed by atoms with van der Waals surface area (Å²) in [6.07, 6.45) is 0. The third-order valence-electron chi connectivity index (χ3n) is 3.66. The Hall–Kier alpha value is -1.54. The number of methoxy groups -OCH3 is 1. The minimum absolute atomic E-state index is 0.459. The van der Waals surface area contributed by atoms with Crippen molar-refractivity contribution in [3.05, 3.63) is 18.2 Å². The second-order valence-electron chi connectivity index (χ2n) is 5.47. The molecule has 0 saturated carbocycles. The molecule has 24 heavy (non-hydrogen) atoms. The van der Waals surface area contributed by atoms with Gasteiger partial charge in [0.1, 0.15) is 18.1 Å². The van der Waals surface area contributed by atoms with Crippen LogP contribution in [0.25, 0.3) is 0 Å². The third kappa shape index (κ3) is 7.35. The fourth-order valence-corrected chi connectivity index (χ4v) is 2.35. The molecule has 1 aromatic carbocycles. The van der Waals surface area contributed by atoms with Gasteiger partial charge in [0.05, 0.1) is 46.8 Å². The number of benzene rings is 1. The summed E-state index contributed by atoms with van der Waals surface area (Å²) in [7, 11) is 1.60. The van der Waals surface area contributed by atoms with Gasteiger partial charge in [-0.3, -0.25) is 4.90 Å². The number of hydrogen-bond acceptors (Lipinski definition) is 7. The quantitative estimate of drug-likeness (QED) is 0.476. The van der Waals surface area contributed by atoms with E-state index in [9.17, 15) is 0 Å². The molecule has 7 nitrogen and oxygen atoms in total. The fourth-order valence-electron chi connectivity index (χ4n) is 2.35. The summed E-state index contributed by atoms with van der Waals surface area (Å²) in [4.78, 5) is 2.35. The van der Waals surface area contributed by atoms with Crippen molar-refractivity contribution in [2.24, 2.45) is 0 Å². The first kappa shape index (κ1) is 18.8. The molecular formula is C17H28N2O5. The van der Waals surface area contributed by atoms with Crippen molar-refractivity contribution in [2.45, 2.75) is 0 Å². The lowest BCUT2D eigenvalue weighted by Gasteiger charge is -2.26. The van der Waals surface area contributed by atoms with Crippen LogP contribution in [0.5, 0.6) is 11.5 Å². The van der Waals surface area contributed by atoms with Crippen LogP contribution < -0.4 is 15.2 Å². The standard InChI is InChI=1S/C17H28N2O5/c1-20-16-12-15(18)13-17(14-16)24-11-10-23-9-8-22-7-4-19-2-5-21-6-3-19/h12-14H,2-11,18H2,1H3. The zero-order chi connectivity index (χ0) is 17.0. The minimum atomic E-state index is 0.459. The highest BCUT2D eigenvalue weighted by atomic mass is 16.5. The maximum Gasteiger partial charge on any atom is 0.125 e. The Morgan fingerprint density at radius 1 is 0.958 bits per heavy atom. The van der Waals surface area contributed by atoms with Crippen molar-refractivity contribution in [3.8, 4) is 11.5 Å². The number of nitrogen functional groups attached to an aromatic ring is 1. The van der Waals surface area contributed by atoms with Crippen molar-refractivity contribution < 1.29 is 23.7 Å². The summed E-state index contributed by atoms with van der Waals surface area (Å²) in [5, 5.41) is 0. The van der Waals surface area contributed by atoms with Crippen LogP contribution >= 0.6 is 0 Å². The molecule has 1 aliphatic heterocycles. The fraction of sp³-hybridized carbons (Fsp3) is 0.647. The molecule has 2 N–H and O–H groups in total. The smallest absolute Gasteiger partial charge is 0.125 e. The van der Waals surface area contributed by atoms with E-state index in [1.807, 2.05) is 0 Å². The monoisotopic (exact) mass is 340 g/mol. The molecule has 136 valence electrons. The highest BCUT2D eigenvalue weighted by Gasteiger charge is 2.09. The van der Waals surface area contributed by atoms with Crippen molar-refractivity contribution >= 4 is 5.69 Å². The summed E-state index contributed by atoms with van der Waals surface area (Å²) in [5.41, 5.74) is 6.38. The number of hydrogen-bond donors (Lipinski definition) is 1. The second kappa shape index (κ2) is 11.1. The van der Waals surface area contributed by atoms with E-state index < -0.39 is 0 Å². The summed E-state index contributed by atoms with van der Waals surface area (Å²) in [6, 6.07) is 5.31. The molecule has 1 aliphatic rings. The molecule has 2 rings (SSSR count). The van der Waals surface area contributed by atoms with Crippen molar-refractivity contribution in [1.82, 2.24) is 4.90 Å². The topological polar surface area (TPSA) is 75.4 Å². The summed E-state index contributed by atoms with van der Waals surface area (Å²) in [6.45, 7) is 7.42. The lowest BCUT2D eigenvalue weighted by atomic mass is 10.3. The van der Waals surface area contributed by atoms with E-state index in [-0.39, 0.29) is 0 Å². The number of ether oxygens (including phenoxy) is 5. The first-order valence-corrected chi connectivity index (χ1v) is 8.31. The van der Waals surface area contributed by atoms with Crippen LogP contribution in [0.15, 0.2) is 18.2 Å². The van der Waals surface area contributed by atoms with Gasteiger partial charge in [-0.2, -0.15) is 0 Å². The molecule has 0 aromatic heterocycles. The zero-order valence-corrected chi connectivity index (χ0v) is 14.4. The maximum atomic E-state index is 5.77. The third-order valence-corrected chi connectivity index (χ3v) is 3.66. The average Bonchev–Trinajstić information content (AvgIpc) is 2.60. The van der Waals surface area contributed by atoms with Crippen LogP contribution in [0, 0.1) is 0 Å². The number of anilines is 1. The van der Waals surface area contributed by atoms with Crippen LogP contribution in [0.3, 0.4) is 0 Å². The van der Waals surface area contributed by atoms with Gasteiger partial charge in [-0.25, -0.2) is 0 Å². The van der Waals surface area contributed by atoms with Gasteiger partial charge in [0.2, 0.25) is 0 Å². The Morgan fingerprint density at radius 3 is 2.38 bits per heavy atom. The molecule has 0 spiro atoms. The Balaban J connectivity index is 1.44. The van der Waals surface area contributed by atoms with Gasteiger partial charge in [0.25, 0.3) is 0 Å². The van der Waals surface area contributed by atoms with Gasteiger partial charge in [-0.15, -0.1) is 0 Å². The second-order valence-corrected chi connectivity index (χ2v) is 5.47. The molecule has 1 fully saturated rings. The van der Waals surface area contributed by atoms with Gasteiger partial charge in [0, 0.05) is 43.5 Å². The molecule has 0 unspecified atom stereocenters. The summed E-state index contributed by atoms with van der Waals surface area (Å²) in [5.74, 6) is 1.36. The number of morpholine rings is 1. The normalized spacial score (nSPS) is 15.4. The number of nitrogens with zero attached hydrogens (tertiary/aromatic N) is 1. The number of rotatable bonds is 11. The minimum Gasteiger partial charge on any atom is -0.497 e. The van der Waals surface area contributed by atoms with Crippen LogP contribution in [0.2, 0.25) is 0 Å². The van der Waals surface area contributed by atoms with E-state index in [0.717, 1.165) is 39.5 Å². The van der Waals surface area contributed by atoms with E-state index in [1.165, 1.54) is 0 Å². The first-order valence-electron chi connectivity index (χ1n) is 8.31. The Labute approximate surface area is 143 Å². The van der Waals surface area contributed by atoms with Crippen LogP contribution in [-0.4, -0.2) is 77.9 Å². The molecule has 1 saturated heterocycles. The lowest BCUT2D eigenvalue weighted by Crippen LogP contribution is -2.38. The van der Waals surface area contributed by atoms with Crippen LogP contribution in [0.1, 0.15) is 0 Å². The van der Waals surface area contributed by atoms with Crippen molar-refractivity contribution in [1.29, 1.82) is 0 Å². The van der Waals surface area contributed by atoms with Crippen LogP contribution in [-0.2, 0) is 14.2 Å². The summed E-state index contributed by atoms with van der Waals surface area (Å²) >= 11 is 0. The average molecular weight is 340 g/mol. The van der Waals surface area contributed by atoms with Gasteiger partial charge >= 0.3 is 0 Å². The Morgan fingerprint density at radius 2 is 1.62 bits per heavy atom. The van der Waals surface area contributed by atoms with Gasteiger partial charge in [-0.1, -0.05) is 0 Å². The molecule has 0 bridgehead atoms. The molecule has 0 radical (unpaired) electrons. The van der Waals surface area contributed by atoms with Crippen molar-refractivity contribution in [2.75, 3.05) is 78.7 Å². The zero-order valence-electron chi connectivity index (χ0n) is 14.4. The Bertz CT molecular complexity index is 466. The molecule has 0 amide bonds. The summed E-state index contributed by atoms with van der Waals surface area (Å²) < 4.78 is 27.1. The first-order chi connectivity index (χ1) is 11.8. The van der Waals surface area contributed by atoms with Gasteiger partial charge in [-0.05, 0) is 0 Å². The van der Waals surface area contributed by atoms with E-state index in [4.69, 9.17) is 29.4 Å².